The molecule has 1 fully saturated rings. The summed E-state index contributed by atoms with van der Waals surface area (Å²) in [5.41, 5.74) is 4.69. The van der Waals surface area contributed by atoms with Gasteiger partial charge in [-0.3, -0.25) is 0 Å². The Balaban J connectivity index is 1.61. The second-order valence-electron chi connectivity index (χ2n) is 6.70. The monoisotopic (exact) mass is 277 g/mol. The molecular weight excluding hydrogens is 254 g/mol. The summed E-state index contributed by atoms with van der Waals surface area (Å²) in [5.74, 6) is 1.57. The molecule has 1 nitrogen and oxygen atoms in total. The molecule has 1 heteroatoms. The Bertz CT molecular complexity index is 619. The Labute approximate surface area is 127 Å². The standard InChI is InChI=1S/C20H23N/c1-21-14-19-17-10-6-5-9-16(17)11-12-18(19)20(21)13-15-7-3-2-4-8-15/h2-10,18-20H,11-14H2,1H3. The van der Waals surface area contributed by atoms with Gasteiger partial charge in [0.2, 0.25) is 0 Å². The molecule has 1 aliphatic heterocycles. The fourth-order valence-corrected chi connectivity index (χ4v) is 4.51. The fraction of sp³-hybridized carbons (Fsp3) is 0.400. The van der Waals surface area contributed by atoms with Gasteiger partial charge in [0.15, 0.2) is 0 Å². The van der Waals surface area contributed by atoms with Crippen LogP contribution >= 0.6 is 0 Å². The number of nitrogens with zero attached hydrogens (tertiary/aromatic N) is 1. The molecule has 4 rings (SSSR count). The average Bonchev–Trinajstić information content (AvgIpc) is 2.85. The number of likely N-dealkylation sites (N-methyl/N-ethyl adjacent to an activating group) is 1. The third-order valence-corrected chi connectivity index (χ3v) is 5.55. The van der Waals surface area contributed by atoms with Crippen molar-refractivity contribution >= 4 is 0 Å². The van der Waals surface area contributed by atoms with E-state index in [9.17, 15) is 0 Å². The van der Waals surface area contributed by atoms with Gasteiger partial charge in [-0.25, -0.2) is 0 Å². The van der Waals surface area contributed by atoms with Crippen molar-refractivity contribution in [1.82, 2.24) is 4.90 Å². The molecule has 0 aromatic heterocycles. The van der Waals surface area contributed by atoms with Gasteiger partial charge in [0.25, 0.3) is 0 Å². The summed E-state index contributed by atoms with van der Waals surface area (Å²) < 4.78 is 0. The van der Waals surface area contributed by atoms with E-state index in [2.05, 4.69) is 66.5 Å². The third kappa shape index (κ3) is 2.30. The first-order valence-corrected chi connectivity index (χ1v) is 8.15. The van der Waals surface area contributed by atoms with Gasteiger partial charge in [-0.05, 0) is 48.9 Å². The highest BCUT2D eigenvalue weighted by Crippen LogP contribution is 2.45. The molecule has 1 heterocycles. The van der Waals surface area contributed by atoms with Gasteiger partial charge in [-0.1, -0.05) is 54.6 Å². The zero-order chi connectivity index (χ0) is 14.2. The van der Waals surface area contributed by atoms with Crippen molar-refractivity contribution in [2.24, 2.45) is 5.92 Å². The predicted molar refractivity (Wildman–Crippen MR) is 87.6 cm³/mol. The molecule has 3 atom stereocenters. The molecule has 1 saturated heterocycles. The SMILES string of the molecule is CN1CC2c3ccccc3CCC2C1Cc1ccccc1. The van der Waals surface area contributed by atoms with Crippen LogP contribution in [0.5, 0.6) is 0 Å². The summed E-state index contributed by atoms with van der Waals surface area (Å²) in [6.07, 6.45) is 3.81. The van der Waals surface area contributed by atoms with Gasteiger partial charge in [-0.15, -0.1) is 0 Å². The van der Waals surface area contributed by atoms with Crippen LogP contribution in [0.25, 0.3) is 0 Å². The maximum Gasteiger partial charge on any atom is 0.0167 e. The summed E-state index contributed by atoms with van der Waals surface area (Å²) in [6.45, 7) is 1.22. The van der Waals surface area contributed by atoms with Crippen LogP contribution < -0.4 is 0 Å². The lowest BCUT2D eigenvalue weighted by Gasteiger charge is -2.31. The highest BCUT2D eigenvalue weighted by atomic mass is 15.2. The van der Waals surface area contributed by atoms with Crippen molar-refractivity contribution in [3.05, 3.63) is 71.3 Å². The molecule has 2 aromatic rings. The predicted octanol–water partition coefficient (Wildman–Crippen LogP) is 3.89. The lowest BCUT2D eigenvalue weighted by molar-refractivity contribution is 0.259. The number of benzene rings is 2. The van der Waals surface area contributed by atoms with Crippen LogP contribution in [0.4, 0.5) is 0 Å². The molecule has 21 heavy (non-hydrogen) atoms. The van der Waals surface area contributed by atoms with Crippen molar-refractivity contribution in [3.63, 3.8) is 0 Å². The van der Waals surface area contributed by atoms with Gasteiger partial charge >= 0.3 is 0 Å². The Hall–Kier alpha value is -1.60. The highest BCUT2D eigenvalue weighted by molar-refractivity contribution is 5.35. The van der Waals surface area contributed by atoms with E-state index in [0.717, 1.165) is 11.8 Å². The highest BCUT2D eigenvalue weighted by Gasteiger charge is 2.42. The van der Waals surface area contributed by atoms with Crippen LogP contribution in [0.15, 0.2) is 54.6 Å². The van der Waals surface area contributed by atoms with Crippen molar-refractivity contribution in [2.45, 2.75) is 31.2 Å². The summed E-state index contributed by atoms with van der Waals surface area (Å²) >= 11 is 0. The zero-order valence-corrected chi connectivity index (χ0v) is 12.7. The van der Waals surface area contributed by atoms with Gasteiger partial charge in [0.05, 0.1) is 0 Å². The largest absolute Gasteiger partial charge is 0.302 e. The minimum atomic E-state index is 0.700. The summed E-state index contributed by atoms with van der Waals surface area (Å²) in [5, 5.41) is 0. The molecule has 0 saturated carbocycles. The van der Waals surface area contributed by atoms with Crippen LogP contribution in [0.3, 0.4) is 0 Å². The fourth-order valence-electron chi connectivity index (χ4n) is 4.51. The summed E-state index contributed by atoms with van der Waals surface area (Å²) in [6, 6.07) is 20.8. The minimum absolute atomic E-state index is 0.700. The number of rotatable bonds is 2. The molecule has 0 spiro atoms. The van der Waals surface area contributed by atoms with Crippen LogP contribution in [0, 0.1) is 5.92 Å². The first-order chi connectivity index (χ1) is 10.3. The van der Waals surface area contributed by atoms with E-state index in [1.807, 2.05) is 0 Å². The molecule has 2 aromatic carbocycles. The first kappa shape index (κ1) is 13.1. The van der Waals surface area contributed by atoms with E-state index >= 15 is 0 Å². The first-order valence-electron chi connectivity index (χ1n) is 8.15. The van der Waals surface area contributed by atoms with E-state index in [0.29, 0.717) is 6.04 Å². The Kier molecular flexibility index (Phi) is 3.31. The van der Waals surface area contributed by atoms with Crippen LogP contribution in [0.1, 0.15) is 29.0 Å². The summed E-state index contributed by atoms with van der Waals surface area (Å²) in [4.78, 5) is 2.60. The smallest absolute Gasteiger partial charge is 0.0167 e. The molecule has 0 radical (unpaired) electrons. The van der Waals surface area contributed by atoms with E-state index in [1.54, 1.807) is 11.1 Å². The van der Waals surface area contributed by atoms with Crippen LogP contribution in [-0.4, -0.2) is 24.5 Å². The minimum Gasteiger partial charge on any atom is -0.302 e. The number of hydrogen-bond donors (Lipinski definition) is 0. The maximum atomic E-state index is 2.60. The van der Waals surface area contributed by atoms with Gasteiger partial charge in [-0.2, -0.15) is 0 Å². The van der Waals surface area contributed by atoms with Gasteiger partial charge < -0.3 is 4.90 Å². The lowest BCUT2D eigenvalue weighted by atomic mass is 9.74. The topological polar surface area (TPSA) is 3.24 Å². The molecule has 0 amide bonds. The Morgan fingerprint density at radius 1 is 1.00 bits per heavy atom. The molecule has 3 unspecified atom stereocenters. The Morgan fingerprint density at radius 2 is 1.76 bits per heavy atom. The Morgan fingerprint density at radius 3 is 2.62 bits per heavy atom. The second-order valence-corrected chi connectivity index (χ2v) is 6.70. The van der Waals surface area contributed by atoms with Gasteiger partial charge in [0, 0.05) is 18.5 Å². The van der Waals surface area contributed by atoms with E-state index < -0.39 is 0 Å². The second kappa shape index (κ2) is 5.31. The van der Waals surface area contributed by atoms with E-state index in [4.69, 9.17) is 0 Å². The van der Waals surface area contributed by atoms with Crippen molar-refractivity contribution in [3.8, 4) is 0 Å². The van der Waals surface area contributed by atoms with Crippen molar-refractivity contribution < 1.29 is 0 Å². The van der Waals surface area contributed by atoms with E-state index in [-0.39, 0.29) is 0 Å². The van der Waals surface area contributed by atoms with Gasteiger partial charge in [0.1, 0.15) is 0 Å². The van der Waals surface area contributed by atoms with Crippen LogP contribution in [-0.2, 0) is 12.8 Å². The number of likely N-dealkylation sites (tertiary alicyclic amines) is 1. The maximum absolute atomic E-state index is 2.60. The number of aryl methyl sites for hydroxylation is 1. The lowest BCUT2D eigenvalue weighted by Crippen LogP contribution is -2.32. The number of hydrogen-bond acceptors (Lipinski definition) is 1. The molecule has 2 aliphatic rings. The van der Waals surface area contributed by atoms with E-state index in [1.165, 1.54) is 31.4 Å². The molecule has 0 N–H and O–H groups in total. The molecule has 1 aliphatic carbocycles. The zero-order valence-electron chi connectivity index (χ0n) is 12.7. The molecule has 108 valence electrons. The van der Waals surface area contributed by atoms with Crippen LogP contribution in [0.2, 0.25) is 0 Å². The normalized spacial score (nSPS) is 28.1. The number of fused-ring (bicyclic) bond motifs is 3. The van der Waals surface area contributed by atoms with Crippen molar-refractivity contribution in [2.75, 3.05) is 13.6 Å². The molecule has 0 bridgehead atoms. The third-order valence-electron chi connectivity index (χ3n) is 5.55. The van der Waals surface area contributed by atoms with Crippen molar-refractivity contribution in [1.29, 1.82) is 0 Å². The average molecular weight is 277 g/mol. The summed E-state index contributed by atoms with van der Waals surface area (Å²) in [7, 11) is 2.31. The molecular formula is C20H23N. The quantitative estimate of drug-likeness (QED) is 0.805.